The van der Waals surface area contributed by atoms with Gasteiger partial charge in [-0.3, -0.25) is 9.88 Å². The summed E-state index contributed by atoms with van der Waals surface area (Å²) in [5.74, 6) is 0. The zero-order valence-corrected chi connectivity index (χ0v) is 15.3. The molecule has 6 heteroatoms. The van der Waals surface area contributed by atoms with Crippen LogP contribution in [0.3, 0.4) is 0 Å². The summed E-state index contributed by atoms with van der Waals surface area (Å²) >= 11 is 1.64. The van der Waals surface area contributed by atoms with Crippen LogP contribution in [0.25, 0.3) is 0 Å². The second-order valence-corrected chi connectivity index (χ2v) is 6.95. The molecule has 0 aliphatic carbocycles. The number of amides is 2. The van der Waals surface area contributed by atoms with Gasteiger partial charge in [-0.1, -0.05) is 12.1 Å². The fourth-order valence-electron chi connectivity index (χ4n) is 3.02. The third-order valence-corrected chi connectivity index (χ3v) is 5.18. The van der Waals surface area contributed by atoms with Crippen molar-refractivity contribution in [2.75, 3.05) is 37.8 Å². The number of hydrogen-bond acceptors (Lipinski definition) is 4. The molecule has 2 heterocycles. The molecule has 25 heavy (non-hydrogen) atoms. The number of urea groups is 1. The van der Waals surface area contributed by atoms with E-state index < -0.39 is 0 Å². The molecule has 3 rings (SSSR count). The second-order valence-electron chi connectivity index (χ2n) is 6.10. The first-order valence-corrected chi connectivity index (χ1v) is 9.79. The van der Waals surface area contributed by atoms with E-state index in [1.54, 1.807) is 11.8 Å². The summed E-state index contributed by atoms with van der Waals surface area (Å²) in [7, 11) is 0. The van der Waals surface area contributed by atoms with Crippen molar-refractivity contribution >= 4 is 23.5 Å². The molecule has 2 amide bonds. The van der Waals surface area contributed by atoms with Crippen molar-refractivity contribution in [3.63, 3.8) is 0 Å². The van der Waals surface area contributed by atoms with Gasteiger partial charge in [-0.2, -0.15) is 0 Å². The Balaban J connectivity index is 1.56. The maximum Gasteiger partial charge on any atom is 0.321 e. The van der Waals surface area contributed by atoms with E-state index >= 15 is 0 Å². The van der Waals surface area contributed by atoms with Crippen LogP contribution in [0, 0.1) is 0 Å². The lowest BCUT2D eigenvalue weighted by molar-refractivity contribution is 0.211. The van der Waals surface area contributed by atoms with E-state index in [-0.39, 0.29) is 6.03 Å². The molecule has 2 aromatic rings. The number of pyridine rings is 1. The van der Waals surface area contributed by atoms with Crippen molar-refractivity contribution in [1.29, 1.82) is 0 Å². The maximum atomic E-state index is 12.6. The molecular formula is C19H24N4OS. The summed E-state index contributed by atoms with van der Waals surface area (Å²) in [5, 5.41) is 3.06. The van der Waals surface area contributed by atoms with Crippen LogP contribution in [-0.4, -0.2) is 53.2 Å². The van der Waals surface area contributed by atoms with Crippen molar-refractivity contribution in [3.8, 4) is 0 Å². The highest BCUT2D eigenvalue weighted by Gasteiger charge is 2.19. The minimum Gasteiger partial charge on any atom is -0.323 e. The molecule has 0 bridgehead atoms. The maximum absolute atomic E-state index is 12.6. The number of thioether (sulfide) groups is 1. The van der Waals surface area contributed by atoms with Gasteiger partial charge in [-0.05, 0) is 42.5 Å². The zero-order valence-electron chi connectivity index (χ0n) is 14.5. The van der Waals surface area contributed by atoms with Crippen LogP contribution >= 0.6 is 11.8 Å². The van der Waals surface area contributed by atoms with E-state index in [1.165, 1.54) is 5.56 Å². The van der Waals surface area contributed by atoms with E-state index in [9.17, 15) is 4.79 Å². The first-order chi connectivity index (χ1) is 12.3. The van der Waals surface area contributed by atoms with Crippen molar-refractivity contribution in [1.82, 2.24) is 14.8 Å². The number of hydrogen-bond donors (Lipinski definition) is 1. The van der Waals surface area contributed by atoms with E-state index in [1.807, 2.05) is 47.8 Å². The Morgan fingerprint density at radius 3 is 2.72 bits per heavy atom. The smallest absolute Gasteiger partial charge is 0.321 e. The molecule has 0 spiro atoms. The lowest BCUT2D eigenvalue weighted by Gasteiger charge is -2.23. The van der Waals surface area contributed by atoms with Gasteiger partial charge in [0.05, 0.1) is 5.69 Å². The van der Waals surface area contributed by atoms with E-state index in [2.05, 4.69) is 27.3 Å². The van der Waals surface area contributed by atoms with Gasteiger partial charge in [-0.15, -0.1) is 11.8 Å². The topological polar surface area (TPSA) is 48.5 Å². The summed E-state index contributed by atoms with van der Waals surface area (Å²) in [5.41, 5.74) is 2.15. The van der Waals surface area contributed by atoms with Crippen LogP contribution in [-0.2, 0) is 6.54 Å². The van der Waals surface area contributed by atoms with Crippen molar-refractivity contribution in [2.45, 2.75) is 17.9 Å². The minimum absolute atomic E-state index is 0.00717. The van der Waals surface area contributed by atoms with Gasteiger partial charge in [0.15, 0.2) is 0 Å². The van der Waals surface area contributed by atoms with Crippen LogP contribution in [0.2, 0.25) is 0 Å². The molecule has 1 aromatic carbocycles. The number of carbonyl (C=O) groups excluding carboxylic acids is 1. The molecule has 5 nitrogen and oxygen atoms in total. The number of benzene rings is 1. The predicted octanol–water partition coefficient (Wildman–Crippen LogP) is 3.54. The Labute approximate surface area is 153 Å². The number of nitrogens with one attached hydrogen (secondary N) is 1. The molecule has 1 fully saturated rings. The second kappa shape index (κ2) is 8.87. The van der Waals surface area contributed by atoms with Crippen LogP contribution in [0.1, 0.15) is 12.0 Å². The van der Waals surface area contributed by atoms with Gasteiger partial charge in [0.25, 0.3) is 0 Å². The molecule has 0 unspecified atom stereocenters. The number of anilines is 1. The monoisotopic (exact) mass is 356 g/mol. The molecule has 0 radical (unpaired) electrons. The quantitative estimate of drug-likeness (QED) is 0.851. The summed E-state index contributed by atoms with van der Waals surface area (Å²) in [6, 6.07) is 12.0. The molecular weight excluding hydrogens is 332 g/mol. The molecule has 132 valence electrons. The SMILES string of the molecule is CSc1ccccc1NC(=O)N1CCCN(Cc2ccncc2)CC1. The normalized spacial score (nSPS) is 15.6. The lowest BCUT2D eigenvalue weighted by atomic mass is 10.2. The summed E-state index contributed by atoms with van der Waals surface area (Å²) in [4.78, 5) is 22.1. The first-order valence-electron chi connectivity index (χ1n) is 8.56. The van der Waals surface area contributed by atoms with Crippen LogP contribution < -0.4 is 5.32 Å². The van der Waals surface area contributed by atoms with Gasteiger partial charge in [0.2, 0.25) is 0 Å². The van der Waals surface area contributed by atoms with Crippen molar-refractivity contribution in [2.24, 2.45) is 0 Å². The Hall–Kier alpha value is -2.05. The van der Waals surface area contributed by atoms with Gasteiger partial charge in [0.1, 0.15) is 0 Å². The highest BCUT2D eigenvalue weighted by atomic mass is 32.2. The summed E-state index contributed by atoms with van der Waals surface area (Å²) in [6.45, 7) is 4.35. The van der Waals surface area contributed by atoms with Gasteiger partial charge < -0.3 is 10.2 Å². The number of nitrogens with zero attached hydrogens (tertiary/aromatic N) is 3. The van der Waals surface area contributed by atoms with E-state index in [4.69, 9.17) is 0 Å². The Kier molecular flexibility index (Phi) is 6.30. The molecule has 1 aliphatic rings. The first kappa shape index (κ1) is 17.8. The van der Waals surface area contributed by atoms with Crippen LogP contribution in [0.4, 0.5) is 10.5 Å². The number of rotatable bonds is 4. The largest absolute Gasteiger partial charge is 0.323 e. The molecule has 1 aromatic heterocycles. The Morgan fingerprint density at radius 1 is 1.12 bits per heavy atom. The van der Waals surface area contributed by atoms with Crippen LogP contribution in [0.5, 0.6) is 0 Å². The highest BCUT2D eigenvalue weighted by Crippen LogP contribution is 2.25. The summed E-state index contributed by atoms with van der Waals surface area (Å²) < 4.78 is 0. The molecule has 1 N–H and O–H groups in total. The van der Waals surface area contributed by atoms with Gasteiger partial charge >= 0.3 is 6.03 Å². The lowest BCUT2D eigenvalue weighted by Crippen LogP contribution is -2.38. The average Bonchev–Trinajstić information content (AvgIpc) is 2.89. The Morgan fingerprint density at radius 2 is 1.92 bits per heavy atom. The van der Waals surface area contributed by atoms with Gasteiger partial charge in [0, 0.05) is 50.0 Å². The average molecular weight is 356 g/mol. The number of carbonyl (C=O) groups is 1. The fourth-order valence-corrected chi connectivity index (χ4v) is 3.57. The zero-order chi connectivity index (χ0) is 17.5. The van der Waals surface area contributed by atoms with Gasteiger partial charge in [-0.25, -0.2) is 4.79 Å². The predicted molar refractivity (Wildman–Crippen MR) is 103 cm³/mol. The third-order valence-electron chi connectivity index (χ3n) is 4.38. The van der Waals surface area contributed by atoms with E-state index in [0.29, 0.717) is 0 Å². The fraction of sp³-hybridized carbons (Fsp3) is 0.368. The minimum atomic E-state index is -0.00717. The molecule has 0 atom stereocenters. The van der Waals surface area contributed by atoms with Crippen molar-refractivity contribution < 1.29 is 4.79 Å². The van der Waals surface area contributed by atoms with E-state index in [0.717, 1.165) is 49.7 Å². The van der Waals surface area contributed by atoms with Crippen molar-refractivity contribution in [3.05, 3.63) is 54.4 Å². The third kappa shape index (κ3) is 4.96. The standard InChI is InChI=1S/C19H24N4OS/c1-25-18-6-3-2-5-17(18)21-19(24)23-12-4-11-22(13-14-23)15-16-7-9-20-10-8-16/h2-3,5-10H,4,11-15H2,1H3,(H,21,24). The number of aromatic nitrogens is 1. The molecule has 0 saturated carbocycles. The molecule has 1 saturated heterocycles. The number of para-hydroxylation sites is 1. The van der Waals surface area contributed by atoms with Crippen LogP contribution in [0.15, 0.2) is 53.7 Å². The molecule has 1 aliphatic heterocycles. The highest BCUT2D eigenvalue weighted by molar-refractivity contribution is 7.98. The summed E-state index contributed by atoms with van der Waals surface area (Å²) in [6.07, 6.45) is 6.67. The Bertz CT molecular complexity index is 695.